The van der Waals surface area contributed by atoms with Gasteiger partial charge in [0.25, 0.3) is 5.91 Å². The Kier molecular flexibility index (Phi) is 6.63. The highest BCUT2D eigenvalue weighted by Crippen LogP contribution is 2.28. The fraction of sp³-hybridized carbons (Fsp3) is 0.318. The van der Waals surface area contributed by atoms with Gasteiger partial charge in [0.2, 0.25) is 15.9 Å². The smallest absolute Gasteiger partial charge is 0.257 e. The number of thiazole rings is 1. The molecule has 2 aromatic heterocycles. The van der Waals surface area contributed by atoms with E-state index in [-0.39, 0.29) is 22.9 Å². The van der Waals surface area contributed by atoms with Crippen molar-refractivity contribution < 1.29 is 22.4 Å². The lowest BCUT2D eigenvalue weighted by Crippen LogP contribution is -2.28. The second-order valence-electron chi connectivity index (χ2n) is 7.76. The van der Waals surface area contributed by atoms with Crippen molar-refractivity contribution in [1.29, 1.82) is 0 Å². The molecule has 9 nitrogen and oxygen atoms in total. The Bertz CT molecular complexity index is 1290. The van der Waals surface area contributed by atoms with Gasteiger partial charge in [-0.2, -0.15) is 4.31 Å². The van der Waals surface area contributed by atoms with Crippen LogP contribution in [0.25, 0.3) is 11.5 Å². The van der Waals surface area contributed by atoms with Crippen LogP contribution in [0.3, 0.4) is 0 Å². The number of nitrogens with one attached hydrogen (secondary N) is 2. The minimum Gasteiger partial charge on any atom is -0.458 e. The Morgan fingerprint density at radius 2 is 1.94 bits per heavy atom. The van der Waals surface area contributed by atoms with Gasteiger partial charge < -0.3 is 9.73 Å². The highest BCUT2D eigenvalue weighted by atomic mass is 32.2. The summed E-state index contributed by atoms with van der Waals surface area (Å²) in [6, 6.07) is 8.10. The average Bonchev–Trinajstić information content (AvgIpc) is 3.53. The summed E-state index contributed by atoms with van der Waals surface area (Å²) in [4.78, 5) is 28.5. The third-order valence-electron chi connectivity index (χ3n) is 5.31. The number of benzene rings is 1. The predicted molar refractivity (Wildman–Crippen MR) is 124 cm³/mol. The maximum absolute atomic E-state index is 12.9. The Morgan fingerprint density at radius 1 is 1.18 bits per heavy atom. The van der Waals surface area contributed by atoms with Crippen LogP contribution in [0.2, 0.25) is 0 Å². The summed E-state index contributed by atoms with van der Waals surface area (Å²) in [5.74, 6) is 0.518. The number of nitrogens with zero attached hydrogens (tertiary/aromatic N) is 2. The molecule has 0 radical (unpaired) electrons. The number of furan rings is 1. The zero-order valence-electron chi connectivity index (χ0n) is 18.3. The lowest BCUT2D eigenvalue weighted by Gasteiger charge is -2.16. The van der Waals surface area contributed by atoms with Crippen molar-refractivity contribution in [1.82, 2.24) is 14.6 Å². The number of aryl methyl sites for hydroxylation is 1. The first-order valence-corrected chi connectivity index (χ1v) is 12.8. The summed E-state index contributed by atoms with van der Waals surface area (Å²) in [5.41, 5.74) is 1.49. The van der Waals surface area contributed by atoms with E-state index in [0.717, 1.165) is 12.8 Å². The van der Waals surface area contributed by atoms with Gasteiger partial charge >= 0.3 is 0 Å². The molecular formula is C22H24N4O5S2. The van der Waals surface area contributed by atoms with Crippen LogP contribution in [0.15, 0.2) is 45.0 Å². The molecule has 1 aliphatic heterocycles. The molecule has 2 amide bonds. The molecule has 33 heavy (non-hydrogen) atoms. The summed E-state index contributed by atoms with van der Waals surface area (Å²) in [5, 5.41) is 7.52. The van der Waals surface area contributed by atoms with E-state index in [1.54, 1.807) is 30.5 Å². The Morgan fingerprint density at radius 3 is 2.67 bits per heavy atom. The standard InChI is InChI=1S/C22H24N4O5S2/c1-14-5-7-17(33(29,30)26-9-3-4-10-26)11-18(14)21(28)25-22-24-19(13-32-22)20-8-6-16(31-20)12-23-15(2)27/h5-8,11,13H,3-4,9-10,12H2,1-2H3,(H,23,27)(H,24,25,28). The van der Waals surface area contributed by atoms with Crippen LogP contribution in [-0.2, 0) is 21.4 Å². The van der Waals surface area contributed by atoms with E-state index < -0.39 is 15.9 Å². The molecular weight excluding hydrogens is 464 g/mol. The van der Waals surface area contributed by atoms with Crippen molar-refractivity contribution >= 4 is 38.3 Å². The molecule has 1 aromatic carbocycles. The van der Waals surface area contributed by atoms with Gasteiger partial charge in [-0.1, -0.05) is 6.07 Å². The third kappa shape index (κ3) is 5.15. The lowest BCUT2D eigenvalue weighted by atomic mass is 10.1. The summed E-state index contributed by atoms with van der Waals surface area (Å²) in [6.45, 7) is 4.46. The number of amides is 2. The van der Waals surface area contributed by atoms with Crippen molar-refractivity contribution in [2.24, 2.45) is 0 Å². The maximum Gasteiger partial charge on any atom is 0.257 e. The molecule has 4 rings (SSSR count). The zero-order valence-corrected chi connectivity index (χ0v) is 19.9. The lowest BCUT2D eigenvalue weighted by molar-refractivity contribution is -0.119. The van der Waals surface area contributed by atoms with Crippen LogP contribution in [0.5, 0.6) is 0 Å². The van der Waals surface area contributed by atoms with E-state index in [0.29, 0.717) is 41.0 Å². The normalized spacial score (nSPS) is 14.4. The molecule has 0 atom stereocenters. The number of hydrogen-bond acceptors (Lipinski definition) is 7. The fourth-order valence-corrected chi connectivity index (χ4v) is 5.75. The quantitative estimate of drug-likeness (QED) is 0.526. The molecule has 0 unspecified atom stereocenters. The minimum atomic E-state index is -3.62. The van der Waals surface area contributed by atoms with Gasteiger partial charge in [0.05, 0.1) is 11.4 Å². The first-order valence-electron chi connectivity index (χ1n) is 10.5. The Balaban J connectivity index is 1.49. The van der Waals surface area contributed by atoms with Gasteiger partial charge in [0.15, 0.2) is 10.9 Å². The summed E-state index contributed by atoms with van der Waals surface area (Å²) < 4.78 is 32.9. The van der Waals surface area contributed by atoms with Crippen LogP contribution in [0, 0.1) is 6.92 Å². The van der Waals surface area contributed by atoms with Crippen molar-refractivity contribution in [3.63, 3.8) is 0 Å². The molecule has 0 bridgehead atoms. The molecule has 1 aliphatic rings. The number of sulfonamides is 1. The SMILES string of the molecule is CC(=O)NCc1ccc(-c2csc(NC(=O)c3cc(S(=O)(=O)N4CCCC4)ccc3C)n2)o1. The molecule has 1 saturated heterocycles. The van der Waals surface area contributed by atoms with Crippen LogP contribution in [0.1, 0.15) is 41.4 Å². The second-order valence-corrected chi connectivity index (χ2v) is 10.6. The van der Waals surface area contributed by atoms with Gasteiger partial charge in [-0.15, -0.1) is 11.3 Å². The minimum absolute atomic E-state index is 0.113. The van der Waals surface area contributed by atoms with Crippen molar-refractivity contribution in [2.45, 2.75) is 38.1 Å². The molecule has 0 saturated carbocycles. The number of hydrogen-bond donors (Lipinski definition) is 2. The van der Waals surface area contributed by atoms with E-state index in [4.69, 9.17) is 4.42 Å². The number of anilines is 1. The highest BCUT2D eigenvalue weighted by Gasteiger charge is 2.28. The van der Waals surface area contributed by atoms with Crippen LogP contribution < -0.4 is 10.6 Å². The Hall–Kier alpha value is -3.02. The number of carbonyl (C=O) groups excluding carboxylic acids is 2. The monoisotopic (exact) mass is 488 g/mol. The van der Waals surface area contributed by atoms with Crippen molar-refractivity contribution in [2.75, 3.05) is 18.4 Å². The second kappa shape index (κ2) is 9.46. The highest BCUT2D eigenvalue weighted by molar-refractivity contribution is 7.89. The van der Waals surface area contributed by atoms with E-state index in [9.17, 15) is 18.0 Å². The molecule has 174 valence electrons. The Labute approximate surface area is 195 Å². The number of carbonyl (C=O) groups is 2. The van der Waals surface area contributed by atoms with E-state index in [1.165, 1.54) is 34.7 Å². The van der Waals surface area contributed by atoms with Crippen LogP contribution in [-0.4, -0.2) is 42.6 Å². The largest absolute Gasteiger partial charge is 0.458 e. The molecule has 0 aliphatic carbocycles. The maximum atomic E-state index is 12.9. The molecule has 11 heteroatoms. The van der Waals surface area contributed by atoms with Gasteiger partial charge in [0, 0.05) is 31.0 Å². The third-order valence-corrected chi connectivity index (χ3v) is 7.96. The van der Waals surface area contributed by atoms with E-state index in [1.807, 2.05) is 0 Å². The first-order chi connectivity index (χ1) is 15.7. The molecule has 1 fully saturated rings. The summed E-state index contributed by atoms with van der Waals surface area (Å²) >= 11 is 1.23. The predicted octanol–water partition coefficient (Wildman–Crippen LogP) is 3.38. The zero-order chi connectivity index (χ0) is 23.6. The summed E-state index contributed by atoms with van der Waals surface area (Å²) in [6.07, 6.45) is 1.68. The van der Waals surface area contributed by atoms with Gasteiger partial charge in [-0.3, -0.25) is 14.9 Å². The summed E-state index contributed by atoms with van der Waals surface area (Å²) in [7, 11) is -3.62. The van der Waals surface area contributed by atoms with Crippen molar-refractivity contribution in [3.8, 4) is 11.5 Å². The van der Waals surface area contributed by atoms with Gasteiger partial charge in [0.1, 0.15) is 11.5 Å². The molecule has 2 N–H and O–H groups in total. The topological polar surface area (TPSA) is 122 Å². The molecule has 3 aromatic rings. The molecule has 0 spiro atoms. The average molecular weight is 489 g/mol. The van der Waals surface area contributed by atoms with Crippen molar-refractivity contribution in [3.05, 3.63) is 52.6 Å². The number of aromatic nitrogens is 1. The van der Waals surface area contributed by atoms with Crippen LogP contribution in [0.4, 0.5) is 5.13 Å². The first kappa shape index (κ1) is 23.1. The van der Waals surface area contributed by atoms with E-state index >= 15 is 0 Å². The molecule has 3 heterocycles. The van der Waals surface area contributed by atoms with Crippen LogP contribution >= 0.6 is 11.3 Å². The van der Waals surface area contributed by atoms with Gasteiger partial charge in [-0.05, 0) is 49.6 Å². The number of rotatable bonds is 7. The fourth-order valence-electron chi connectivity index (χ4n) is 3.51. The van der Waals surface area contributed by atoms with E-state index in [2.05, 4.69) is 15.6 Å². The van der Waals surface area contributed by atoms with Gasteiger partial charge in [-0.25, -0.2) is 13.4 Å².